The number of ketones is 1. The van der Waals surface area contributed by atoms with Crippen LogP contribution in [0.4, 0.5) is 0 Å². The Morgan fingerprint density at radius 2 is 1.67 bits per heavy atom. The van der Waals surface area contributed by atoms with Crippen molar-refractivity contribution in [3.63, 3.8) is 0 Å². The second kappa shape index (κ2) is 7.28. The van der Waals surface area contributed by atoms with Crippen LogP contribution in [0, 0.1) is 0 Å². The summed E-state index contributed by atoms with van der Waals surface area (Å²) in [6, 6.07) is 13.9. The van der Waals surface area contributed by atoms with Crippen LogP contribution < -0.4 is 11.2 Å². The van der Waals surface area contributed by atoms with Crippen molar-refractivity contribution >= 4 is 22.9 Å². The van der Waals surface area contributed by atoms with E-state index in [0.717, 1.165) is 4.57 Å². The van der Waals surface area contributed by atoms with Crippen LogP contribution in [-0.2, 0) is 13.6 Å². The molecule has 0 saturated heterocycles. The largest absolute Gasteiger partial charge is 0.507 e. The molecule has 0 aliphatic rings. The summed E-state index contributed by atoms with van der Waals surface area (Å²) in [5.74, 6) is -1.75. The predicted molar refractivity (Wildman–Crippen MR) is 108 cm³/mol. The molecule has 2 heterocycles. The first-order valence-corrected chi connectivity index (χ1v) is 8.98. The number of hydrogen-bond donors (Lipinski definition) is 1. The van der Waals surface area contributed by atoms with Crippen LogP contribution in [0.3, 0.4) is 0 Å². The Labute approximate surface area is 169 Å². The Morgan fingerprint density at radius 3 is 2.37 bits per heavy atom. The van der Waals surface area contributed by atoms with Gasteiger partial charge in [-0.15, -0.1) is 0 Å². The number of carbonyl (C=O) groups excluding carboxylic acids is 2. The van der Waals surface area contributed by atoms with Crippen molar-refractivity contribution in [1.29, 1.82) is 0 Å². The topological polar surface area (TPSA) is 116 Å². The van der Waals surface area contributed by atoms with E-state index in [0.29, 0.717) is 10.1 Å². The first-order valence-electron chi connectivity index (χ1n) is 8.98. The highest BCUT2D eigenvalue weighted by molar-refractivity contribution is 5.99. The monoisotopic (exact) mass is 404 g/mol. The molecule has 9 nitrogen and oxygen atoms in total. The van der Waals surface area contributed by atoms with E-state index in [1.54, 1.807) is 37.4 Å². The zero-order chi connectivity index (χ0) is 21.4. The quantitative estimate of drug-likeness (QED) is 0.511. The van der Waals surface area contributed by atoms with Crippen molar-refractivity contribution in [2.45, 2.75) is 6.54 Å². The summed E-state index contributed by atoms with van der Waals surface area (Å²) in [5, 5.41) is 10.00. The number of Topliss-reactive ketones (excluding diaryl/α,β-unsaturated/α-hetero) is 1. The van der Waals surface area contributed by atoms with E-state index in [1.165, 1.54) is 35.2 Å². The summed E-state index contributed by atoms with van der Waals surface area (Å²) in [4.78, 5) is 55.8. The van der Waals surface area contributed by atoms with E-state index in [4.69, 9.17) is 0 Å². The van der Waals surface area contributed by atoms with Gasteiger partial charge in [-0.25, -0.2) is 9.78 Å². The maximum Gasteiger partial charge on any atom is 0.340 e. The number of hydrogen-bond acceptors (Lipinski definition) is 6. The van der Waals surface area contributed by atoms with E-state index in [2.05, 4.69) is 4.98 Å². The molecule has 0 saturated carbocycles. The second-order valence-electron chi connectivity index (χ2n) is 6.65. The number of aromatic nitrogens is 4. The van der Waals surface area contributed by atoms with Crippen LogP contribution in [0.2, 0.25) is 0 Å². The molecular weight excluding hydrogens is 388 g/mol. The summed E-state index contributed by atoms with van der Waals surface area (Å²) in [6.45, 7) is -0.412. The predicted octanol–water partition coefficient (Wildman–Crippen LogP) is 1.17. The summed E-state index contributed by atoms with van der Waals surface area (Å²) in [6.07, 6.45) is 1.32. The van der Waals surface area contributed by atoms with Gasteiger partial charge in [0.2, 0.25) is 0 Å². The van der Waals surface area contributed by atoms with Gasteiger partial charge in [0.25, 0.3) is 11.5 Å². The van der Waals surface area contributed by atoms with Crippen LogP contribution in [0.1, 0.15) is 20.7 Å². The molecule has 4 aromatic rings. The molecule has 1 N–H and O–H groups in total. The fourth-order valence-electron chi connectivity index (χ4n) is 3.22. The zero-order valence-corrected chi connectivity index (χ0v) is 15.8. The highest BCUT2D eigenvalue weighted by atomic mass is 16.3. The standard InChI is InChI=1S/C21H16N4O5/c1-23-12-22-18-17(23)20(29)25(19(28)14-9-5-6-10-15(14)26)21(30)24(18)11-16(27)13-7-3-2-4-8-13/h2-10,12,26H,11H2,1H3. The normalized spacial score (nSPS) is 11.0. The lowest BCUT2D eigenvalue weighted by Crippen LogP contribution is -2.45. The Kier molecular flexibility index (Phi) is 4.63. The first-order chi connectivity index (χ1) is 14.4. The smallest absolute Gasteiger partial charge is 0.340 e. The van der Waals surface area contributed by atoms with Crippen molar-refractivity contribution in [3.05, 3.63) is 92.9 Å². The SMILES string of the molecule is Cn1cnc2c1c(=O)n(C(=O)c1ccccc1O)c(=O)n2CC(=O)c1ccccc1. The minimum atomic E-state index is -1.01. The lowest BCUT2D eigenvalue weighted by molar-refractivity contribution is 0.0933. The summed E-state index contributed by atoms with van der Waals surface area (Å²) >= 11 is 0. The summed E-state index contributed by atoms with van der Waals surface area (Å²) < 4.78 is 2.77. The van der Waals surface area contributed by atoms with Gasteiger partial charge in [-0.1, -0.05) is 42.5 Å². The zero-order valence-electron chi connectivity index (χ0n) is 15.8. The van der Waals surface area contributed by atoms with Crippen LogP contribution in [-0.4, -0.2) is 35.5 Å². The molecular formula is C21H16N4O5. The molecule has 0 fully saturated rings. The number of para-hydroxylation sites is 1. The minimum absolute atomic E-state index is 0.00175. The maximum atomic E-state index is 13.1. The molecule has 0 radical (unpaired) electrons. The van der Waals surface area contributed by atoms with E-state index in [-0.39, 0.29) is 28.3 Å². The number of carbonyl (C=O) groups is 2. The number of nitrogens with zero attached hydrogens (tertiary/aromatic N) is 4. The molecule has 0 aliphatic carbocycles. The third-order valence-electron chi connectivity index (χ3n) is 4.74. The van der Waals surface area contributed by atoms with E-state index < -0.39 is 23.7 Å². The van der Waals surface area contributed by atoms with Gasteiger partial charge in [0.15, 0.2) is 16.9 Å². The van der Waals surface area contributed by atoms with Crippen molar-refractivity contribution in [2.24, 2.45) is 7.05 Å². The van der Waals surface area contributed by atoms with E-state index in [1.807, 2.05) is 0 Å². The van der Waals surface area contributed by atoms with Crippen LogP contribution in [0.15, 0.2) is 70.5 Å². The Bertz CT molecular complexity index is 1410. The van der Waals surface area contributed by atoms with Crippen molar-refractivity contribution < 1.29 is 14.7 Å². The maximum absolute atomic E-state index is 13.1. The van der Waals surface area contributed by atoms with Gasteiger partial charge in [0.05, 0.1) is 18.4 Å². The Hall–Kier alpha value is -4.27. The molecule has 0 unspecified atom stereocenters. The van der Waals surface area contributed by atoms with Gasteiger partial charge in [-0.05, 0) is 12.1 Å². The minimum Gasteiger partial charge on any atom is -0.507 e. The highest BCUT2D eigenvalue weighted by Crippen LogP contribution is 2.16. The van der Waals surface area contributed by atoms with Gasteiger partial charge >= 0.3 is 5.69 Å². The Morgan fingerprint density at radius 1 is 1.00 bits per heavy atom. The third kappa shape index (κ3) is 3.02. The first kappa shape index (κ1) is 19.1. The number of benzene rings is 2. The molecule has 0 spiro atoms. The van der Waals surface area contributed by atoms with Gasteiger partial charge in [0, 0.05) is 12.6 Å². The molecule has 2 aromatic heterocycles. The molecule has 9 heteroatoms. The number of phenolic OH excluding ortho intramolecular Hbond substituents is 1. The fraction of sp³-hybridized carbons (Fsp3) is 0.0952. The van der Waals surface area contributed by atoms with E-state index in [9.17, 15) is 24.3 Å². The average molecular weight is 404 g/mol. The Balaban J connectivity index is 1.95. The third-order valence-corrected chi connectivity index (χ3v) is 4.74. The van der Waals surface area contributed by atoms with Gasteiger partial charge in [-0.3, -0.25) is 19.0 Å². The average Bonchev–Trinajstić information content (AvgIpc) is 3.13. The van der Waals surface area contributed by atoms with Gasteiger partial charge in [0.1, 0.15) is 5.75 Å². The molecule has 0 bridgehead atoms. The molecule has 2 aromatic carbocycles. The molecule has 0 atom stereocenters. The number of fused-ring (bicyclic) bond motifs is 1. The van der Waals surface area contributed by atoms with Crippen molar-refractivity contribution in [1.82, 2.24) is 18.7 Å². The van der Waals surface area contributed by atoms with Gasteiger partial charge < -0.3 is 9.67 Å². The van der Waals surface area contributed by atoms with E-state index >= 15 is 0 Å². The van der Waals surface area contributed by atoms with Crippen molar-refractivity contribution in [2.75, 3.05) is 0 Å². The van der Waals surface area contributed by atoms with Gasteiger partial charge in [-0.2, -0.15) is 4.57 Å². The van der Waals surface area contributed by atoms with Crippen LogP contribution in [0.5, 0.6) is 5.75 Å². The highest BCUT2D eigenvalue weighted by Gasteiger charge is 2.24. The number of phenols is 1. The molecule has 30 heavy (non-hydrogen) atoms. The lowest BCUT2D eigenvalue weighted by atomic mass is 10.1. The number of imidazole rings is 1. The molecule has 0 aliphatic heterocycles. The second-order valence-corrected chi connectivity index (χ2v) is 6.65. The van der Waals surface area contributed by atoms with Crippen LogP contribution >= 0.6 is 0 Å². The lowest BCUT2D eigenvalue weighted by Gasteiger charge is -2.11. The molecule has 0 amide bonds. The molecule has 4 rings (SSSR count). The summed E-state index contributed by atoms with van der Waals surface area (Å²) in [5.41, 5.74) is -1.75. The van der Waals surface area contributed by atoms with Crippen LogP contribution in [0.25, 0.3) is 11.2 Å². The van der Waals surface area contributed by atoms with Crippen molar-refractivity contribution in [3.8, 4) is 5.75 Å². The summed E-state index contributed by atoms with van der Waals surface area (Å²) in [7, 11) is 1.54. The number of aromatic hydroxyl groups is 1. The number of aryl methyl sites for hydroxylation is 1. The fourth-order valence-corrected chi connectivity index (χ4v) is 3.22. The number of rotatable bonds is 4. The molecule has 150 valence electrons.